The summed E-state index contributed by atoms with van der Waals surface area (Å²) in [6.07, 6.45) is -1.01. The molecule has 2 amide bonds. The number of hydrogen-bond donors (Lipinski definition) is 3. The van der Waals surface area contributed by atoms with Gasteiger partial charge >= 0.3 is 6.03 Å². The molecule has 0 radical (unpaired) electrons. The standard InChI is InChI=1S/C18H17N5O4/c19-18(25)20-9-15-21-17(16(24)11-4-2-1-3-5-11)22-23(15)12-6-7-13-14(8-12)27-10-26-13/h1-8,16,24H,9-10H2,(H3,19,20,25)/t16-/m1/s1. The summed E-state index contributed by atoms with van der Waals surface area (Å²) in [5, 5.41) is 17.5. The van der Waals surface area contributed by atoms with Gasteiger partial charge in [0.1, 0.15) is 6.10 Å². The van der Waals surface area contributed by atoms with Crippen LogP contribution in [-0.2, 0) is 6.54 Å². The number of nitrogens with zero attached hydrogens (tertiary/aromatic N) is 3. The maximum absolute atomic E-state index is 11.1. The smallest absolute Gasteiger partial charge is 0.312 e. The average Bonchev–Trinajstić information content (AvgIpc) is 3.32. The van der Waals surface area contributed by atoms with Gasteiger partial charge in [-0.05, 0) is 17.7 Å². The van der Waals surface area contributed by atoms with Crippen LogP contribution < -0.4 is 20.5 Å². The van der Waals surface area contributed by atoms with E-state index in [1.807, 2.05) is 18.2 Å². The Kier molecular flexibility index (Phi) is 4.35. The lowest BCUT2D eigenvalue weighted by atomic mass is 10.1. The number of ether oxygens (including phenoxy) is 2. The van der Waals surface area contributed by atoms with Crippen molar-refractivity contribution in [1.29, 1.82) is 0 Å². The van der Waals surface area contributed by atoms with Gasteiger partial charge in [0.25, 0.3) is 0 Å². The van der Waals surface area contributed by atoms with Gasteiger partial charge in [-0.2, -0.15) is 0 Å². The number of carbonyl (C=O) groups excluding carboxylic acids is 1. The Morgan fingerprint density at radius 2 is 2.00 bits per heavy atom. The van der Waals surface area contributed by atoms with Crippen LogP contribution in [0.15, 0.2) is 48.5 Å². The number of urea groups is 1. The van der Waals surface area contributed by atoms with Gasteiger partial charge in [-0.1, -0.05) is 30.3 Å². The molecule has 0 spiro atoms. The Bertz CT molecular complexity index is 973. The largest absolute Gasteiger partial charge is 0.454 e. The van der Waals surface area contributed by atoms with E-state index < -0.39 is 12.1 Å². The molecule has 27 heavy (non-hydrogen) atoms. The number of aliphatic hydroxyl groups excluding tert-OH is 1. The Balaban J connectivity index is 1.72. The van der Waals surface area contributed by atoms with Crippen molar-refractivity contribution in [2.45, 2.75) is 12.6 Å². The molecule has 2 aromatic carbocycles. The zero-order chi connectivity index (χ0) is 18.8. The van der Waals surface area contributed by atoms with Crippen molar-refractivity contribution in [3.63, 3.8) is 0 Å². The fraction of sp³-hybridized carbons (Fsp3) is 0.167. The van der Waals surface area contributed by atoms with Crippen LogP contribution in [0.5, 0.6) is 11.5 Å². The van der Waals surface area contributed by atoms with E-state index in [1.165, 1.54) is 4.68 Å². The fourth-order valence-electron chi connectivity index (χ4n) is 2.77. The Morgan fingerprint density at radius 1 is 1.22 bits per heavy atom. The summed E-state index contributed by atoms with van der Waals surface area (Å²) in [7, 11) is 0. The lowest BCUT2D eigenvalue weighted by Crippen LogP contribution is -2.29. The van der Waals surface area contributed by atoms with Gasteiger partial charge < -0.3 is 25.6 Å². The van der Waals surface area contributed by atoms with E-state index in [2.05, 4.69) is 15.4 Å². The van der Waals surface area contributed by atoms with Gasteiger partial charge in [0.2, 0.25) is 6.79 Å². The molecular formula is C18H17N5O4. The molecule has 9 nitrogen and oxygen atoms in total. The van der Waals surface area contributed by atoms with Crippen LogP contribution in [0.3, 0.4) is 0 Å². The van der Waals surface area contributed by atoms with Crippen molar-refractivity contribution in [1.82, 2.24) is 20.1 Å². The molecule has 0 saturated carbocycles. The van der Waals surface area contributed by atoms with Crippen molar-refractivity contribution in [2.24, 2.45) is 5.73 Å². The summed E-state index contributed by atoms with van der Waals surface area (Å²) in [4.78, 5) is 15.5. The summed E-state index contributed by atoms with van der Waals surface area (Å²) in [6.45, 7) is 0.211. The Hall–Kier alpha value is -3.59. The van der Waals surface area contributed by atoms with E-state index in [0.717, 1.165) is 0 Å². The van der Waals surface area contributed by atoms with Gasteiger partial charge in [0.05, 0.1) is 12.2 Å². The number of aromatic nitrogens is 3. The highest BCUT2D eigenvalue weighted by molar-refractivity contribution is 5.71. The van der Waals surface area contributed by atoms with Crippen LogP contribution in [-0.4, -0.2) is 32.7 Å². The molecule has 4 N–H and O–H groups in total. The van der Waals surface area contributed by atoms with Crippen molar-refractivity contribution in [3.8, 4) is 17.2 Å². The third kappa shape index (κ3) is 3.40. The molecule has 1 atom stereocenters. The molecule has 138 valence electrons. The average molecular weight is 367 g/mol. The maximum atomic E-state index is 11.1. The number of fused-ring (bicyclic) bond motifs is 1. The number of amides is 2. The second-order valence-corrected chi connectivity index (χ2v) is 5.87. The lowest BCUT2D eigenvalue weighted by Gasteiger charge is -2.07. The molecular weight excluding hydrogens is 350 g/mol. The van der Waals surface area contributed by atoms with Crippen LogP contribution in [0.25, 0.3) is 5.69 Å². The molecule has 4 rings (SSSR count). The van der Waals surface area contributed by atoms with E-state index in [1.54, 1.807) is 30.3 Å². The number of hydrogen-bond acceptors (Lipinski definition) is 6. The molecule has 0 bridgehead atoms. The lowest BCUT2D eigenvalue weighted by molar-refractivity contribution is 0.174. The first-order valence-electron chi connectivity index (χ1n) is 8.24. The van der Waals surface area contributed by atoms with Gasteiger partial charge in [-0.25, -0.2) is 14.5 Å². The number of carbonyl (C=O) groups is 1. The zero-order valence-corrected chi connectivity index (χ0v) is 14.2. The van der Waals surface area contributed by atoms with Crippen LogP contribution in [0, 0.1) is 0 Å². The SMILES string of the molecule is NC(=O)NCc1nc([C@H](O)c2ccccc2)nn1-c1ccc2c(c1)OCO2. The molecule has 9 heteroatoms. The monoisotopic (exact) mass is 367 g/mol. The third-order valence-corrected chi connectivity index (χ3v) is 4.07. The van der Waals surface area contributed by atoms with Crippen molar-refractivity contribution >= 4 is 6.03 Å². The molecule has 0 fully saturated rings. The highest BCUT2D eigenvalue weighted by atomic mass is 16.7. The molecule has 0 aliphatic carbocycles. The number of nitrogens with one attached hydrogen (secondary N) is 1. The van der Waals surface area contributed by atoms with Crippen molar-refractivity contribution in [2.75, 3.05) is 6.79 Å². The second kappa shape index (κ2) is 6.96. The minimum Gasteiger partial charge on any atom is -0.454 e. The highest BCUT2D eigenvalue weighted by Gasteiger charge is 2.21. The topological polar surface area (TPSA) is 125 Å². The molecule has 0 saturated heterocycles. The minimum absolute atomic E-state index is 0.0539. The third-order valence-electron chi connectivity index (χ3n) is 4.07. The molecule has 1 aromatic heterocycles. The first-order chi connectivity index (χ1) is 13.1. The fourth-order valence-corrected chi connectivity index (χ4v) is 2.77. The predicted molar refractivity (Wildman–Crippen MR) is 94.4 cm³/mol. The van der Waals surface area contributed by atoms with E-state index >= 15 is 0 Å². The van der Waals surface area contributed by atoms with Gasteiger partial charge in [-0.3, -0.25) is 0 Å². The summed E-state index contributed by atoms with van der Waals surface area (Å²) in [5.41, 5.74) is 6.48. The van der Waals surface area contributed by atoms with E-state index in [0.29, 0.717) is 28.6 Å². The maximum Gasteiger partial charge on any atom is 0.312 e. The van der Waals surface area contributed by atoms with Crippen LogP contribution in [0.1, 0.15) is 23.3 Å². The van der Waals surface area contributed by atoms with Gasteiger partial charge in [0, 0.05) is 6.07 Å². The van der Waals surface area contributed by atoms with Crippen LogP contribution in [0.2, 0.25) is 0 Å². The summed E-state index contributed by atoms with van der Waals surface area (Å²) in [5.74, 6) is 1.85. The normalized spacial score (nSPS) is 13.4. The predicted octanol–water partition coefficient (Wildman–Crippen LogP) is 1.25. The van der Waals surface area contributed by atoms with Gasteiger partial charge in [-0.15, -0.1) is 5.10 Å². The minimum atomic E-state index is -1.01. The quantitative estimate of drug-likeness (QED) is 0.623. The molecule has 2 heterocycles. The van der Waals surface area contributed by atoms with E-state index in [-0.39, 0.29) is 19.2 Å². The second-order valence-electron chi connectivity index (χ2n) is 5.87. The Morgan fingerprint density at radius 3 is 2.78 bits per heavy atom. The number of aliphatic hydroxyl groups is 1. The highest BCUT2D eigenvalue weighted by Crippen LogP contribution is 2.34. The summed E-state index contributed by atoms with van der Waals surface area (Å²) < 4.78 is 12.2. The molecule has 0 unspecified atom stereocenters. The summed E-state index contributed by atoms with van der Waals surface area (Å²) >= 11 is 0. The van der Waals surface area contributed by atoms with Crippen LogP contribution >= 0.6 is 0 Å². The number of benzene rings is 2. The molecule has 3 aromatic rings. The Labute approximate surface area is 154 Å². The van der Waals surface area contributed by atoms with Gasteiger partial charge in [0.15, 0.2) is 23.1 Å². The van der Waals surface area contributed by atoms with E-state index in [4.69, 9.17) is 15.2 Å². The number of primary amides is 1. The van der Waals surface area contributed by atoms with Crippen molar-refractivity contribution < 1.29 is 19.4 Å². The number of nitrogens with two attached hydrogens (primary N) is 1. The molecule has 1 aliphatic heterocycles. The zero-order valence-electron chi connectivity index (χ0n) is 14.2. The number of rotatable bonds is 5. The first-order valence-corrected chi connectivity index (χ1v) is 8.24. The van der Waals surface area contributed by atoms with E-state index in [9.17, 15) is 9.90 Å². The van der Waals surface area contributed by atoms with Crippen LogP contribution in [0.4, 0.5) is 4.79 Å². The van der Waals surface area contributed by atoms with Crippen molar-refractivity contribution in [3.05, 3.63) is 65.7 Å². The first kappa shape index (κ1) is 16.9. The molecule has 1 aliphatic rings. The summed E-state index contributed by atoms with van der Waals surface area (Å²) in [6, 6.07) is 13.7.